The average Bonchev–Trinajstić information content (AvgIpc) is 2.78. The van der Waals surface area contributed by atoms with Gasteiger partial charge in [-0.2, -0.15) is 0 Å². The Kier molecular flexibility index (Phi) is 3.50. The van der Waals surface area contributed by atoms with Crippen molar-refractivity contribution in [3.8, 4) is 22.3 Å². The molecule has 0 unspecified atom stereocenters. The highest BCUT2D eigenvalue weighted by Gasteiger charge is 2.16. The van der Waals surface area contributed by atoms with Gasteiger partial charge in [-0.3, -0.25) is 0 Å². The highest BCUT2D eigenvalue weighted by atomic mass is 14.5. The number of anilines is 2. The summed E-state index contributed by atoms with van der Waals surface area (Å²) in [6.45, 7) is 0. The van der Waals surface area contributed by atoms with Crippen LogP contribution in [0.4, 0.5) is 11.4 Å². The molecule has 0 aromatic heterocycles. The van der Waals surface area contributed by atoms with Gasteiger partial charge < -0.3 is 11.5 Å². The lowest BCUT2D eigenvalue weighted by atomic mass is 9.86. The third kappa shape index (κ3) is 2.44. The van der Waals surface area contributed by atoms with Crippen LogP contribution in [0.5, 0.6) is 0 Å². The van der Waals surface area contributed by atoms with E-state index < -0.39 is 0 Å². The minimum Gasteiger partial charge on any atom is -0.399 e. The number of hydrogen-bond donors (Lipinski definition) is 2. The number of hydrogen-bond acceptors (Lipinski definition) is 2. The summed E-state index contributed by atoms with van der Waals surface area (Å²) in [5, 5.41) is 7.67. The molecule has 0 amide bonds. The van der Waals surface area contributed by atoms with E-state index in [0.29, 0.717) is 0 Å². The van der Waals surface area contributed by atoms with E-state index in [1.54, 1.807) is 0 Å². The van der Waals surface area contributed by atoms with E-state index in [4.69, 9.17) is 11.5 Å². The molecule has 0 bridgehead atoms. The Labute approximate surface area is 174 Å². The van der Waals surface area contributed by atoms with Gasteiger partial charge in [0, 0.05) is 11.4 Å². The lowest BCUT2D eigenvalue weighted by molar-refractivity contribution is 1.64. The second-order valence-corrected chi connectivity index (χ2v) is 7.90. The second-order valence-electron chi connectivity index (χ2n) is 7.90. The van der Waals surface area contributed by atoms with Crippen LogP contribution in [0.2, 0.25) is 0 Å². The van der Waals surface area contributed by atoms with Crippen LogP contribution < -0.4 is 11.5 Å². The largest absolute Gasteiger partial charge is 0.399 e. The standard InChI is InChI=1S/C28H20N2/c29-21-11-7-17(8-12-21)25-15-19-3-1-4-20-16-26(18-9-13-22(30)14-10-18)24-6-2-5-23(25)28(24)27(19)20/h1-16H,29-30H2. The van der Waals surface area contributed by atoms with Crippen molar-refractivity contribution in [3.05, 3.63) is 97.1 Å². The molecule has 0 aliphatic rings. The first-order valence-corrected chi connectivity index (χ1v) is 10.1. The zero-order chi connectivity index (χ0) is 20.2. The van der Waals surface area contributed by atoms with Gasteiger partial charge in [-0.1, -0.05) is 60.7 Å². The van der Waals surface area contributed by atoms with Gasteiger partial charge >= 0.3 is 0 Å². The van der Waals surface area contributed by atoms with Crippen LogP contribution in [0.1, 0.15) is 0 Å². The van der Waals surface area contributed by atoms with E-state index in [1.807, 2.05) is 24.3 Å². The smallest absolute Gasteiger partial charge is 0.0314 e. The molecule has 2 nitrogen and oxygen atoms in total. The molecule has 0 saturated carbocycles. The molecule has 4 N–H and O–H groups in total. The molecule has 0 radical (unpaired) electrons. The SMILES string of the molecule is Nc1ccc(-c2cc3cccc4cc(-c5ccc(N)cc5)c5cccc2c5c34)cc1. The van der Waals surface area contributed by atoms with Crippen molar-refractivity contribution >= 4 is 43.7 Å². The first-order valence-electron chi connectivity index (χ1n) is 10.1. The van der Waals surface area contributed by atoms with E-state index in [1.165, 1.54) is 54.6 Å². The minimum absolute atomic E-state index is 0.779. The summed E-state index contributed by atoms with van der Waals surface area (Å²) in [6.07, 6.45) is 0. The predicted octanol–water partition coefficient (Wildman–Crippen LogP) is 7.08. The van der Waals surface area contributed by atoms with Gasteiger partial charge in [0.2, 0.25) is 0 Å². The Morgan fingerprint density at radius 2 is 0.867 bits per heavy atom. The molecular formula is C28H20N2. The number of benzene rings is 6. The van der Waals surface area contributed by atoms with Crippen molar-refractivity contribution < 1.29 is 0 Å². The van der Waals surface area contributed by atoms with Crippen LogP contribution >= 0.6 is 0 Å². The van der Waals surface area contributed by atoms with Crippen LogP contribution in [0, 0.1) is 0 Å². The molecule has 6 rings (SSSR count). The third-order valence-corrected chi connectivity index (χ3v) is 6.07. The summed E-state index contributed by atoms with van der Waals surface area (Å²) < 4.78 is 0. The molecule has 0 aliphatic heterocycles. The Morgan fingerprint density at radius 3 is 1.33 bits per heavy atom. The van der Waals surface area contributed by atoms with E-state index in [-0.39, 0.29) is 0 Å². The molecule has 0 saturated heterocycles. The van der Waals surface area contributed by atoms with Crippen molar-refractivity contribution in [1.29, 1.82) is 0 Å². The Hall–Kier alpha value is -4.04. The predicted molar refractivity (Wildman–Crippen MR) is 130 cm³/mol. The molecule has 6 aromatic carbocycles. The molecule has 0 atom stereocenters. The third-order valence-electron chi connectivity index (χ3n) is 6.07. The lowest BCUT2D eigenvalue weighted by Gasteiger charge is -2.18. The number of nitrogen functional groups attached to an aromatic ring is 2. The fourth-order valence-corrected chi connectivity index (χ4v) is 4.66. The highest BCUT2D eigenvalue weighted by molar-refractivity contribution is 6.29. The molecule has 0 aliphatic carbocycles. The van der Waals surface area contributed by atoms with Gasteiger partial charge in [-0.15, -0.1) is 0 Å². The molecular weight excluding hydrogens is 364 g/mol. The molecule has 0 heterocycles. The van der Waals surface area contributed by atoms with Crippen molar-refractivity contribution in [2.45, 2.75) is 0 Å². The summed E-state index contributed by atoms with van der Waals surface area (Å²) in [7, 11) is 0. The fraction of sp³-hybridized carbons (Fsp3) is 0. The topological polar surface area (TPSA) is 52.0 Å². The van der Waals surface area contributed by atoms with Crippen LogP contribution in [0.25, 0.3) is 54.6 Å². The second kappa shape index (κ2) is 6.23. The maximum Gasteiger partial charge on any atom is 0.0314 e. The van der Waals surface area contributed by atoms with Crippen molar-refractivity contribution in [2.24, 2.45) is 0 Å². The monoisotopic (exact) mass is 384 g/mol. The number of rotatable bonds is 2. The molecule has 2 heteroatoms. The Morgan fingerprint density at radius 1 is 0.433 bits per heavy atom. The molecule has 142 valence electrons. The summed E-state index contributed by atoms with van der Waals surface area (Å²) >= 11 is 0. The van der Waals surface area contributed by atoms with Crippen LogP contribution in [0.15, 0.2) is 97.1 Å². The highest BCUT2D eigenvalue weighted by Crippen LogP contribution is 2.43. The maximum atomic E-state index is 5.94. The van der Waals surface area contributed by atoms with E-state index in [9.17, 15) is 0 Å². The van der Waals surface area contributed by atoms with Gasteiger partial charge in [0.15, 0.2) is 0 Å². The van der Waals surface area contributed by atoms with E-state index in [0.717, 1.165) is 11.4 Å². The van der Waals surface area contributed by atoms with Gasteiger partial charge in [0.1, 0.15) is 0 Å². The summed E-state index contributed by atoms with van der Waals surface area (Å²) in [5.41, 5.74) is 18.3. The van der Waals surface area contributed by atoms with Gasteiger partial charge in [-0.05, 0) is 91.0 Å². The van der Waals surface area contributed by atoms with Crippen molar-refractivity contribution in [3.63, 3.8) is 0 Å². The average molecular weight is 384 g/mol. The molecule has 0 spiro atoms. The fourth-order valence-electron chi connectivity index (χ4n) is 4.66. The number of nitrogens with two attached hydrogens (primary N) is 2. The molecule has 0 fully saturated rings. The first kappa shape index (κ1) is 16.9. The van der Waals surface area contributed by atoms with Crippen LogP contribution in [-0.2, 0) is 0 Å². The van der Waals surface area contributed by atoms with Crippen molar-refractivity contribution in [2.75, 3.05) is 11.5 Å². The van der Waals surface area contributed by atoms with E-state index in [2.05, 4.69) is 72.8 Å². The van der Waals surface area contributed by atoms with Gasteiger partial charge in [0.05, 0.1) is 0 Å². The summed E-state index contributed by atoms with van der Waals surface area (Å²) in [4.78, 5) is 0. The quantitative estimate of drug-likeness (QED) is 0.247. The van der Waals surface area contributed by atoms with Crippen LogP contribution in [0.3, 0.4) is 0 Å². The Balaban J connectivity index is 1.78. The molecule has 6 aromatic rings. The minimum atomic E-state index is 0.779. The lowest BCUT2D eigenvalue weighted by Crippen LogP contribution is -1.91. The zero-order valence-electron chi connectivity index (χ0n) is 16.4. The van der Waals surface area contributed by atoms with Crippen molar-refractivity contribution in [1.82, 2.24) is 0 Å². The Bertz CT molecular complexity index is 1420. The van der Waals surface area contributed by atoms with E-state index >= 15 is 0 Å². The van der Waals surface area contributed by atoms with Gasteiger partial charge in [-0.25, -0.2) is 0 Å². The first-order chi connectivity index (χ1) is 14.7. The summed E-state index contributed by atoms with van der Waals surface area (Å²) in [5.74, 6) is 0. The normalized spacial score (nSPS) is 11.6. The van der Waals surface area contributed by atoms with Crippen LogP contribution in [-0.4, -0.2) is 0 Å². The molecule has 30 heavy (non-hydrogen) atoms. The summed E-state index contributed by atoms with van der Waals surface area (Å²) in [6, 6.07) is 34.1. The maximum absolute atomic E-state index is 5.94. The zero-order valence-corrected chi connectivity index (χ0v) is 16.4. The van der Waals surface area contributed by atoms with Gasteiger partial charge in [0.25, 0.3) is 0 Å².